The number of hydrogen-bond acceptors (Lipinski definition) is 7. The number of nitrogens with zero attached hydrogens (tertiary/aromatic N) is 5. The lowest BCUT2D eigenvalue weighted by Crippen LogP contribution is -1.93. The standard InChI is InChI=1S/C15H13N7O/c1-9-10(2)23-15(18-9)11-4-3-5-13(6-11)17-8-12(7-16)14-19-21-22-20-14/h3-6,8,17H,1-2H3,(H,19,20,21,22). The van der Waals surface area contributed by atoms with Crippen LogP contribution in [0.15, 0.2) is 34.9 Å². The van der Waals surface area contributed by atoms with Gasteiger partial charge in [-0.3, -0.25) is 0 Å². The number of H-pyrrole nitrogens is 1. The van der Waals surface area contributed by atoms with Gasteiger partial charge in [-0.05, 0) is 37.3 Å². The van der Waals surface area contributed by atoms with Crippen molar-refractivity contribution in [2.24, 2.45) is 0 Å². The summed E-state index contributed by atoms with van der Waals surface area (Å²) < 4.78 is 5.62. The smallest absolute Gasteiger partial charge is 0.226 e. The maximum absolute atomic E-state index is 9.14. The van der Waals surface area contributed by atoms with Crippen LogP contribution in [0.2, 0.25) is 0 Å². The summed E-state index contributed by atoms with van der Waals surface area (Å²) in [6.07, 6.45) is 1.52. The van der Waals surface area contributed by atoms with Crippen molar-refractivity contribution < 1.29 is 4.42 Å². The van der Waals surface area contributed by atoms with Gasteiger partial charge in [0.15, 0.2) is 0 Å². The highest BCUT2D eigenvalue weighted by molar-refractivity contribution is 5.74. The van der Waals surface area contributed by atoms with Gasteiger partial charge in [0.1, 0.15) is 17.4 Å². The first kappa shape index (κ1) is 14.5. The van der Waals surface area contributed by atoms with Crippen LogP contribution in [-0.4, -0.2) is 25.6 Å². The zero-order valence-corrected chi connectivity index (χ0v) is 12.5. The second-order valence-corrected chi connectivity index (χ2v) is 4.79. The van der Waals surface area contributed by atoms with Gasteiger partial charge in [-0.2, -0.15) is 10.5 Å². The number of rotatable bonds is 4. The molecule has 2 N–H and O–H groups in total. The molecule has 0 bridgehead atoms. The van der Waals surface area contributed by atoms with Crippen LogP contribution in [0.1, 0.15) is 17.3 Å². The molecule has 8 nitrogen and oxygen atoms in total. The summed E-state index contributed by atoms with van der Waals surface area (Å²) in [7, 11) is 0. The molecule has 0 amide bonds. The molecule has 0 saturated heterocycles. The molecule has 0 aliphatic rings. The molecular formula is C15H13N7O. The monoisotopic (exact) mass is 307 g/mol. The van der Waals surface area contributed by atoms with E-state index in [2.05, 4.69) is 30.9 Å². The van der Waals surface area contributed by atoms with E-state index in [4.69, 9.17) is 9.68 Å². The summed E-state index contributed by atoms with van der Waals surface area (Å²) in [6, 6.07) is 9.55. The average molecular weight is 307 g/mol. The number of nitrogens with one attached hydrogen (secondary N) is 2. The third-order valence-corrected chi connectivity index (χ3v) is 3.23. The lowest BCUT2D eigenvalue weighted by molar-refractivity contribution is 0.541. The van der Waals surface area contributed by atoms with Gasteiger partial charge in [-0.15, -0.1) is 10.2 Å². The number of oxazole rings is 1. The van der Waals surface area contributed by atoms with Crippen molar-refractivity contribution in [3.8, 4) is 17.5 Å². The number of aryl methyl sites for hydroxylation is 2. The first-order valence-electron chi connectivity index (χ1n) is 6.82. The fraction of sp³-hybridized carbons (Fsp3) is 0.133. The molecule has 23 heavy (non-hydrogen) atoms. The van der Waals surface area contributed by atoms with Crippen molar-refractivity contribution in [1.29, 1.82) is 5.26 Å². The fourth-order valence-electron chi connectivity index (χ4n) is 1.92. The van der Waals surface area contributed by atoms with Crippen molar-refractivity contribution in [3.63, 3.8) is 0 Å². The maximum atomic E-state index is 9.14. The quantitative estimate of drug-likeness (QED) is 0.711. The molecular weight excluding hydrogens is 294 g/mol. The minimum Gasteiger partial charge on any atom is -0.441 e. The Balaban J connectivity index is 1.84. The Morgan fingerprint density at radius 2 is 2.26 bits per heavy atom. The summed E-state index contributed by atoms with van der Waals surface area (Å²) in [5, 5.41) is 25.5. The summed E-state index contributed by atoms with van der Waals surface area (Å²) in [6.45, 7) is 3.78. The van der Waals surface area contributed by atoms with Gasteiger partial charge in [-0.1, -0.05) is 6.07 Å². The number of anilines is 1. The summed E-state index contributed by atoms with van der Waals surface area (Å²) >= 11 is 0. The normalized spacial score (nSPS) is 11.3. The van der Waals surface area contributed by atoms with E-state index in [0.29, 0.717) is 5.89 Å². The van der Waals surface area contributed by atoms with E-state index in [0.717, 1.165) is 22.7 Å². The number of nitriles is 1. The Kier molecular flexibility index (Phi) is 3.84. The van der Waals surface area contributed by atoms with Crippen molar-refractivity contribution in [3.05, 3.63) is 47.7 Å². The molecule has 0 atom stereocenters. The van der Waals surface area contributed by atoms with Crippen LogP contribution in [0.5, 0.6) is 0 Å². The number of benzene rings is 1. The van der Waals surface area contributed by atoms with E-state index in [1.165, 1.54) is 6.20 Å². The van der Waals surface area contributed by atoms with Gasteiger partial charge >= 0.3 is 0 Å². The SMILES string of the molecule is Cc1nc(-c2cccc(NC=C(C#N)c3nn[nH]n3)c2)oc1C. The molecule has 8 heteroatoms. The molecule has 0 spiro atoms. The highest BCUT2D eigenvalue weighted by atomic mass is 16.4. The van der Waals surface area contributed by atoms with Gasteiger partial charge in [0.05, 0.1) is 5.69 Å². The number of aromatic amines is 1. The van der Waals surface area contributed by atoms with Gasteiger partial charge in [0.2, 0.25) is 11.7 Å². The Labute approximate surface area is 131 Å². The average Bonchev–Trinajstić information content (AvgIpc) is 3.19. The zero-order valence-electron chi connectivity index (χ0n) is 12.5. The van der Waals surface area contributed by atoms with Crippen molar-refractivity contribution in [2.45, 2.75) is 13.8 Å². The first-order valence-corrected chi connectivity index (χ1v) is 6.82. The predicted molar refractivity (Wildman–Crippen MR) is 82.8 cm³/mol. The van der Waals surface area contributed by atoms with Crippen LogP contribution in [0.3, 0.4) is 0 Å². The largest absolute Gasteiger partial charge is 0.441 e. The van der Waals surface area contributed by atoms with E-state index in [9.17, 15) is 0 Å². The summed E-state index contributed by atoms with van der Waals surface area (Å²) in [4.78, 5) is 4.38. The summed E-state index contributed by atoms with van der Waals surface area (Å²) in [5.74, 6) is 1.59. The fourth-order valence-corrected chi connectivity index (χ4v) is 1.92. The van der Waals surface area contributed by atoms with Gasteiger partial charge in [0.25, 0.3) is 0 Å². The zero-order chi connectivity index (χ0) is 16.2. The van der Waals surface area contributed by atoms with Crippen LogP contribution in [0.25, 0.3) is 17.0 Å². The molecule has 0 radical (unpaired) electrons. The molecule has 2 aromatic heterocycles. The van der Waals surface area contributed by atoms with E-state index in [1.54, 1.807) is 0 Å². The second kappa shape index (κ2) is 6.11. The molecule has 0 unspecified atom stereocenters. The molecule has 1 aromatic carbocycles. The van der Waals surface area contributed by atoms with E-state index in [-0.39, 0.29) is 11.4 Å². The summed E-state index contributed by atoms with van der Waals surface area (Å²) in [5.41, 5.74) is 2.76. The predicted octanol–water partition coefficient (Wildman–Crippen LogP) is 2.45. The minimum atomic E-state index is 0.232. The van der Waals surface area contributed by atoms with E-state index in [1.807, 2.05) is 44.2 Å². The van der Waals surface area contributed by atoms with Crippen LogP contribution in [0, 0.1) is 25.2 Å². The Morgan fingerprint density at radius 3 is 2.91 bits per heavy atom. The first-order chi connectivity index (χ1) is 11.2. The Bertz CT molecular complexity index is 867. The van der Waals surface area contributed by atoms with E-state index < -0.39 is 0 Å². The topological polar surface area (TPSA) is 116 Å². The van der Waals surface area contributed by atoms with Gasteiger partial charge in [-0.25, -0.2) is 4.98 Å². The number of aromatic nitrogens is 5. The maximum Gasteiger partial charge on any atom is 0.226 e. The molecule has 0 saturated carbocycles. The number of hydrogen-bond donors (Lipinski definition) is 2. The third-order valence-electron chi connectivity index (χ3n) is 3.23. The van der Waals surface area contributed by atoms with Crippen molar-refractivity contribution in [2.75, 3.05) is 5.32 Å². The molecule has 3 rings (SSSR count). The van der Waals surface area contributed by atoms with Crippen molar-refractivity contribution in [1.82, 2.24) is 25.6 Å². The molecule has 2 heterocycles. The molecule has 3 aromatic rings. The van der Waals surface area contributed by atoms with Crippen LogP contribution >= 0.6 is 0 Å². The molecule has 0 aliphatic heterocycles. The Morgan fingerprint density at radius 1 is 1.39 bits per heavy atom. The van der Waals surface area contributed by atoms with E-state index >= 15 is 0 Å². The molecule has 0 aliphatic carbocycles. The number of allylic oxidation sites excluding steroid dienone is 1. The van der Waals surface area contributed by atoms with Crippen LogP contribution in [-0.2, 0) is 0 Å². The van der Waals surface area contributed by atoms with Crippen molar-refractivity contribution >= 4 is 11.3 Å². The minimum absolute atomic E-state index is 0.232. The third kappa shape index (κ3) is 3.08. The molecule has 0 fully saturated rings. The van der Waals surface area contributed by atoms with Crippen LogP contribution < -0.4 is 5.32 Å². The van der Waals surface area contributed by atoms with Gasteiger partial charge < -0.3 is 9.73 Å². The van der Waals surface area contributed by atoms with Crippen LogP contribution in [0.4, 0.5) is 5.69 Å². The highest BCUT2D eigenvalue weighted by Gasteiger charge is 2.09. The lowest BCUT2D eigenvalue weighted by Gasteiger charge is -2.03. The lowest BCUT2D eigenvalue weighted by atomic mass is 10.2. The second-order valence-electron chi connectivity index (χ2n) is 4.79. The highest BCUT2D eigenvalue weighted by Crippen LogP contribution is 2.24. The van der Waals surface area contributed by atoms with Gasteiger partial charge in [0, 0.05) is 17.5 Å². The Hall–Kier alpha value is -3.47. The molecule has 114 valence electrons. The number of tetrazole rings is 1.